The van der Waals surface area contributed by atoms with Crippen molar-refractivity contribution in [2.75, 3.05) is 49.7 Å². The first-order chi connectivity index (χ1) is 15.6. The minimum absolute atomic E-state index is 0.394. The van der Waals surface area contributed by atoms with Crippen molar-refractivity contribution in [2.45, 2.75) is 48.5 Å². The second-order valence-corrected chi connectivity index (χ2v) is 9.75. The fourth-order valence-corrected chi connectivity index (χ4v) is 5.42. The Balaban J connectivity index is 1.65. The van der Waals surface area contributed by atoms with Gasteiger partial charge in [-0.2, -0.15) is 0 Å². The smallest absolute Gasteiger partial charge is 0.134 e. The molecule has 2 aliphatic rings. The molecule has 0 radical (unpaired) electrons. The van der Waals surface area contributed by atoms with Gasteiger partial charge in [0, 0.05) is 18.8 Å². The summed E-state index contributed by atoms with van der Waals surface area (Å²) in [7, 11) is 5.82. The molecule has 172 valence electrons. The third kappa shape index (κ3) is 4.69. The monoisotopic (exact) mass is 454 g/mol. The minimum atomic E-state index is -0.394. The lowest BCUT2D eigenvalue weighted by molar-refractivity contribution is -0.115. The standard InChI is InChI=1S/C25H34N4O2S/c1-26-24-20(25(17-30)11-6-12-25)15-19(28-32-23-8-5-4-7-22(23)31-3)16-21(24)27-18-9-13-29(2)14-10-18/h4-5,7-8,15-18,26-28H,6,9-14H2,1-3H3. The predicted octanol–water partition coefficient (Wildman–Crippen LogP) is 4.98. The molecular formula is C25H34N4O2S. The Kier molecular flexibility index (Phi) is 7.16. The lowest BCUT2D eigenvalue weighted by Crippen LogP contribution is -2.38. The molecular weight excluding hydrogens is 420 g/mol. The van der Waals surface area contributed by atoms with Gasteiger partial charge in [-0.1, -0.05) is 18.6 Å². The number of rotatable bonds is 9. The van der Waals surface area contributed by atoms with Crippen LogP contribution in [-0.4, -0.2) is 51.5 Å². The number of para-hydroxylation sites is 1. The number of carbonyl (C=O) groups excluding carboxylic acids is 1. The average Bonchev–Trinajstić information content (AvgIpc) is 2.79. The molecule has 0 bridgehead atoms. The zero-order chi connectivity index (χ0) is 22.6. The van der Waals surface area contributed by atoms with Crippen molar-refractivity contribution in [2.24, 2.45) is 0 Å². The molecule has 0 atom stereocenters. The van der Waals surface area contributed by atoms with Crippen LogP contribution in [0.5, 0.6) is 5.75 Å². The number of piperidine rings is 1. The van der Waals surface area contributed by atoms with Crippen LogP contribution < -0.4 is 20.1 Å². The molecule has 2 fully saturated rings. The van der Waals surface area contributed by atoms with E-state index in [1.54, 1.807) is 7.11 Å². The maximum atomic E-state index is 12.2. The van der Waals surface area contributed by atoms with E-state index in [2.05, 4.69) is 39.4 Å². The Morgan fingerprint density at radius 2 is 1.94 bits per heavy atom. The SMILES string of the molecule is CNc1c(NC2CCN(C)CC2)cc(NSc2ccccc2OC)cc1C1(C=O)CCC1. The molecule has 4 rings (SSSR count). The summed E-state index contributed by atoms with van der Waals surface area (Å²) in [5.41, 5.74) is 3.79. The van der Waals surface area contributed by atoms with Crippen molar-refractivity contribution in [3.63, 3.8) is 0 Å². The van der Waals surface area contributed by atoms with Gasteiger partial charge < -0.3 is 29.8 Å². The van der Waals surface area contributed by atoms with Gasteiger partial charge in [-0.15, -0.1) is 0 Å². The number of benzene rings is 2. The largest absolute Gasteiger partial charge is 0.496 e. The zero-order valence-electron chi connectivity index (χ0n) is 19.2. The molecule has 1 saturated heterocycles. The Morgan fingerprint density at radius 1 is 1.19 bits per heavy atom. The van der Waals surface area contributed by atoms with Crippen LogP contribution in [0.1, 0.15) is 37.7 Å². The fraction of sp³-hybridized carbons (Fsp3) is 0.480. The summed E-state index contributed by atoms with van der Waals surface area (Å²) in [6.45, 7) is 2.19. The van der Waals surface area contributed by atoms with Crippen LogP contribution in [-0.2, 0) is 10.2 Å². The van der Waals surface area contributed by atoms with Gasteiger partial charge in [0.1, 0.15) is 12.0 Å². The normalized spacial score (nSPS) is 18.5. The first kappa shape index (κ1) is 22.8. The zero-order valence-corrected chi connectivity index (χ0v) is 20.1. The molecule has 1 saturated carbocycles. The average molecular weight is 455 g/mol. The van der Waals surface area contributed by atoms with Gasteiger partial charge in [0.2, 0.25) is 0 Å². The van der Waals surface area contributed by atoms with E-state index in [0.717, 1.165) is 84.8 Å². The number of ether oxygens (including phenoxy) is 1. The van der Waals surface area contributed by atoms with Crippen LogP contribution in [0.3, 0.4) is 0 Å². The molecule has 0 amide bonds. The van der Waals surface area contributed by atoms with E-state index in [4.69, 9.17) is 4.74 Å². The molecule has 2 aromatic rings. The minimum Gasteiger partial charge on any atom is -0.496 e. The van der Waals surface area contributed by atoms with E-state index in [1.165, 1.54) is 11.9 Å². The van der Waals surface area contributed by atoms with Crippen molar-refractivity contribution < 1.29 is 9.53 Å². The van der Waals surface area contributed by atoms with E-state index in [9.17, 15) is 4.79 Å². The molecule has 1 heterocycles. The molecule has 1 aliphatic heterocycles. The van der Waals surface area contributed by atoms with Crippen LogP contribution in [0.15, 0.2) is 41.3 Å². The summed E-state index contributed by atoms with van der Waals surface area (Å²) >= 11 is 1.53. The number of likely N-dealkylation sites (tertiary alicyclic amines) is 1. The molecule has 7 heteroatoms. The Bertz CT molecular complexity index is 940. The highest BCUT2D eigenvalue weighted by Crippen LogP contribution is 2.48. The van der Waals surface area contributed by atoms with Crippen molar-refractivity contribution in [1.82, 2.24) is 4.90 Å². The number of hydrogen-bond acceptors (Lipinski definition) is 7. The van der Waals surface area contributed by atoms with Gasteiger partial charge in [0.25, 0.3) is 0 Å². The summed E-state index contributed by atoms with van der Waals surface area (Å²) < 4.78 is 8.99. The van der Waals surface area contributed by atoms with Gasteiger partial charge in [-0.3, -0.25) is 0 Å². The summed E-state index contributed by atoms with van der Waals surface area (Å²) in [4.78, 5) is 15.6. The first-order valence-electron chi connectivity index (χ1n) is 11.4. The lowest BCUT2D eigenvalue weighted by Gasteiger charge is -2.39. The van der Waals surface area contributed by atoms with E-state index in [1.807, 2.05) is 31.3 Å². The van der Waals surface area contributed by atoms with Crippen molar-refractivity contribution in [3.8, 4) is 5.75 Å². The molecule has 0 unspecified atom stereocenters. The number of anilines is 3. The lowest BCUT2D eigenvalue weighted by atomic mass is 9.65. The molecule has 6 nitrogen and oxygen atoms in total. The molecule has 0 aromatic heterocycles. The maximum Gasteiger partial charge on any atom is 0.134 e. The number of methoxy groups -OCH3 is 1. The topological polar surface area (TPSA) is 65.6 Å². The maximum absolute atomic E-state index is 12.2. The molecule has 0 spiro atoms. The van der Waals surface area contributed by atoms with Crippen molar-refractivity contribution in [3.05, 3.63) is 42.0 Å². The van der Waals surface area contributed by atoms with Crippen LogP contribution in [0.4, 0.5) is 17.1 Å². The van der Waals surface area contributed by atoms with Crippen LogP contribution in [0.25, 0.3) is 0 Å². The fourth-order valence-electron chi connectivity index (χ4n) is 4.68. The first-order valence-corrected chi connectivity index (χ1v) is 12.2. The number of carbonyl (C=O) groups is 1. The van der Waals surface area contributed by atoms with Gasteiger partial charge in [-0.05, 0) is 87.6 Å². The Labute approximate surface area is 195 Å². The molecule has 1 aliphatic carbocycles. The third-order valence-corrected chi connectivity index (χ3v) is 7.72. The summed E-state index contributed by atoms with van der Waals surface area (Å²) in [5.74, 6) is 0.838. The Morgan fingerprint density at radius 3 is 2.56 bits per heavy atom. The summed E-state index contributed by atoms with van der Waals surface area (Å²) in [6, 6.07) is 12.7. The quantitative estimate of drug-likeness (QED) is 0.365. The summed E-state index contributed by atoms with van der Waals surface area (Å²) in [5, 5.41) is 7.19. The van der Waals surface area contributed by atoms with Crippen molar-refractivity contribution >= 4 is 35.3 Å². The predicted molar refractivity (Wildman–Crippen MR) is 134 cm³/mol. The second-order valence-electron chi connectivity index (χ2n) is 8.90. The molecule has 32 heavy (non-hydrogen) atoms. The van der Waals surface area contributed by atoms with Gasteiger partial charge >= 0.3 is 0 Å². The van der Waals surface area contributed by atoms with E-state index in [0.29, 0.717) is 6.04 Å². The summed E-state index contributed by atoms with van der Waals surface area (Å²) in [6.07, 6.45) is 6.28. The van der Waals surface area contributed by atoms with E-state index in [-0.39, 0.29) is 0 Å². The highest BCUT2D eigenvalue weighted by Gasteiger charge is 2.41. The highest BCUT2D eigenvalue weighted by molar-refractivity contribution is 8.00. The van der Waals surface area contributed by atoms with Gasteiger partial charge in [0.05, 0.1) is 28.8 Å². The number of hydrogen-bond donors (Lipinski definition) is 3. The number of aldehydes is 1. The van der Waals surface area contributed by atoms with Crippen LogP contribution in [0, 0.1) is 0 Å². The second kappa shape index (κ2) is 10.0. The van der Waals surface area contributed by atoms with Crippen molar-refractivity contribution in [1.29, 1.82) is 0 Å². The van der Waals surface area contributed by atoms with Gasteiger partial charge in [0.15, 0.2) is 0 Å². The van der Waals surface area contributed by atoms with Gasteiger partial charge in [-0.25, -0.2) is 0 Å². The highest BCUT2D eigenvalue weighted by atomic mass is 32.2. The molecule has 2 aromatic carbocycles. The Hall–Kier alpha value is -2.38. The van der Waals surface area contributed by atoms with E-state index < -0.39 is 5.41 Å². The van der Waals surface area contributed by atoms with Crippen LogP contribution >= 0.6 is 11.9 Å². The third-order valence-electron chi connectivity index (χ3n) is 6.82. The van der Waals surface area contributed by atoms with Crippen LogP contribution in [0.2, 0.25) is 0 Å². The number of nitrogens with one attached hydrogen (secondary N) is 3. The number of nitrogens with zero attached hydrogens (tertiary/aromatic N) is 1. The molecule has 3 N–H and O–H groups in total. The van der Waals surface area contributed by atoms with E-state index >= 15 is 0 Å².